The van der Waals surface area contributed by atoms with Crippen LogP contribution in [0.2, 0.25) is 0 Å². The first kappa shape index (κ1) is 28.8. The summed E-state index contributed by atoms with van der Waals surface area (Å²) in [5.41, 5.74) is 4.68. The van der Waals surface area contributed by atoms with E-state index >= 15 is 0 Å². The average molecular weight is 599 g/mol. The lowest BCUT2D eigenvalue weighted by molar-refractivity contribution is -0.133. The fourth-order valence-corrected chi connectivity index (χ4v) is 7.81. The molecule has 2 aliphatic carbocycles. The van der Waals surface area contributed by atoms with Gasteiger partial charge in [-0.25, -0.2) is 0 Å². The second kappa shape index (κ2) is 10.9. The molecule has 2 saturated carbocycles. The van der Waals surface area contributed by atoms with E-state index < -0.39 is 12.0 Å². The van der Waals surface area contributed by atoms with Crippen LogP contribution in [0.4, 0.5) is 5.82 Å². The van der Waals surface area contributed by atoms with Crippen molar-refractivity contribution in [3.8, 4) is 0 Å². The molecule has 1 spiro atoms. The third-order valence-electron chi connectivity index (χ3n) is 10.3. The number of nitrogens with zero attached hydrogens (tertiary/aromatic N) is 6. The number of aromatic nitrogens is 4. The number of hydrogen-bond acceptors (Lipinski definition) is 8. The molecule has 2 unspecified atom stereocenters. The molecule has 2 atom stereocenters. The summed E-state index contributed by atoms with van der Waals surface area (Å²) in [6.45, 7) is 14.3. The van der Waals surface area contributed by atoms with Gasteiger partial charge in [-0.05, 0) is 62.7 Å². The molecule has 2 saturated heterocycles. The van der Waals surface area contributed by atoms with Crippen molar-refractivity contribution in [3.63, 3.8) is 0 Å². The van der Waals surface area contributed by atoms with Crippen LogP contribution >= 0.6 is 0 Å². The molecule has 10 nitrogen and oxygen atoms in total. The monoisotopic (exact) mass is 598 g/mol. The summed E-state index contributed by atoms with van der Waals surface area (Å²) in [7, 11) is 0. The number of aliphatic hydroxyl groups is 2. The number of carbonyl (C=O) groups excluding carboxylic acids is 1. The number of anilines is 1. The van der Waals surface area contributed by atoms with Crippen LogP contribution in [0.15, 0.2) is 53.8 Å². The van der Waals surface area contributed by atoms with E-state index in [1.165, 1.54) is 12.1 Å². The Labute approximate surface area is 257 Å². The van der Waals surface area contributed by atoms with Crippen LogP contribution in [-0.4, -0.2) is 73.2 Å². The molecule has 4 fully saturated rings. The predicted octanol–water partition coefficient (Wildman–Crippen LogP) is 5.50. The van der Waals surface area contributed by atoms with E-state index in [4.69, 9.17) is 4.52 Å². The zero-order valence-corrected chi connectivity index (χ0v) is 25.7. The van der Waals surface area contributed by atoms with Crippen LogP contribution < -0.4 is 4.90 Å². The van der Waals surface area contributed by atoms with E-state index in [-0.39, 0.29) is 23.0 Å². The summed E-state index contributed by atoms with van der Waals surface area (Å²) in [6.07, 6.45) is 9.29. The number of hydrogen-bond donors (Lipinski definition) is 2. The molecule has 4 aliphatic rings. The van der Waals surface area contributed by atoms with E-state index in [0.717, 1.165) is 55.6 Å². The first-order valence-corrected chi connectivity index (χ1v) is 15.9. The van der Waals surface area contributed by atoms with Crippen LogP contribution in [0.1, 0.15) is 87.4 Å². The summed E-state index contributed by atoms with van der Waals surface area (Å²) in [4.78, 5) is 17.3. The van der Waals surface area contributed by atoms with Gasteiger partial charge in [0.2, 0.25) is 5.91 Å². The lowest BCUT2D eigenvalue weighted by Gasteiger charge is -2.59. The molecule has 7 rings (SSSR count). The number of fused-ring (bicyclic) bond motifs is 1. The number of rotatable bonds is 9. The van der Waals surface area contributed by atoms with Gasteiger partial charge in [0.25, 0.3) is 0 Å². The molecule has 1 amide bonds. The van der Waals surface area contributed by atoms with Crippen molar-refractivity contribution in [3.05, 3.63) is 66.4 Å². The Balaban J connectivity index is 1.05. The minimum Gasteiger partial charge on any atom is -0.508 e. The quantitative estimate of drug-likeness (QED) is 0.245. The lowest BCUT2D eigenvalue weighted by atomic mass is 9.57. The highest BCUT2D eigenvalue weighted by atomic mass is 16.5. The van der Waals surface area contributed by atoms with Crippen molar-refractivity contribution in [1.82, 2.24) is 24.8 Å². The van der Waals surface area contributed by atoms with Crippen LogP contribution in [0.25, 0.3) is 16.6 Å². The highest BCUT2D eigenvalue weighted by molar-refractivity contribution is 5.84. The molecular formula is C34H42N6O4. The maximum absolute atomic E-state index is 13.3. The number of β-amino-alcohol motifs (C(OH)–C–C–N with tert-alkyl or cyclic N) is 1. The summed E-state index contributed by atoms with van der Waals surface area (Å²) in [6, 6.07) is 6.66. The Morgan fingerprint density at radius 2 is 1.93 bits per heavy atom. The number of carbonyl (C=O) groups is 1. The third kappa shape index (κ3) is 4.83. The standard InChI is InChI=1S/C34H42N6O4/c1-5-7-25(21(4)41)26-12-29-27(36-35-26)13-28(40(29)23-8-6-9-23)22-15-34(16-22)18-39(19-34)31-14-30(44-37-31)32(20(2)3)33(43)38-11-10-24(42)17-38/h5,7,12-14,20,22-24,32,41-42H,1,4,6,8-11,15-19H2,2-3H3/b25-7+. The Morgan fingerprint density at radius 1 is 1.16 bits per heavy atom. The number of allylic oxidation sites excluding steroid dienone is 3. The number of likely N-dealkylation sites (tertiary alicyclic amines) is 1. The van der Waals surface area contributed by atoms with Crippen molar-refractivity contribution in [2.24, 2.45) is 11.3 Å². The Bertz CT molecular complexity index is 1630. The summed E-state index contributed by atoms with van der Waals surface area (Å²) < 4.78 is 8.25. The lowest BCUT2D eigenvalue weighted by Crippen LogP contribution is -2.62. The fourth-order valence-electron chi connectivity index (χ4n) is 7.81. The largest absolute Gasteiger partial charge is 0.508 e. The normalized spacial score (nSPS) is 22.7. The van der Waals surface area contributed by atoms with Crippen molar-refractivity contribution < 1.29 is 19.5 Å². The van der Waals surface area contributed by atoms with Crippen molar-refractivity contribution in [1.29, 1.82) is 0 Å². The molecule has 0 bridgehead atoms. The molecule has 5 heterocycles. The molecule has 2 N–H and O–H groups in total. The van der Waals surface area contributed by atoms with Gasteiger partial charge in [-0.1, -0.05) is 38.2 Å². The molecule has 10 heteroatoms. The van der Waals surface area contributed by atoms with E-state index in [1.54, 1.807) is 17.1 Å². The molecule has 0 radical (unpaired) electrons. The molecule has 0 aromatic carbocycles. The molecular weight excluding hydrogens is 556 g/mol. The van der Waals surface area contributed by atoms with E-state index in [2.05, 4.69) is 44.0 Å². The van der Waals surface area contributed by atoms with Crippen LogP contribution in [-0.2, 0) is 4.79 Å². The molecule has 3 aromatic rings. The third-order valence-corrected chi connectivity index (χ3v) is 10.3. The Morgan fingerprint density at radius 3 is 2.55 bits per heavy atom. The molecule has 2 aliphatic heterocycles. The first-order chi connectivity index (χ1) is 21.2. The maximum atomic E-state index is 13.3. The smallest absolute Gasteiger partial charge is 0.233 e. The van der Waals surface area contributed by atoms with E-state index in [0.29, 0.717) is 48.5 Å². The highest BCUT2D eigenvalue weighted by Gasteiger charge is 2.54. The summed E-state index contributed by atoms with van der Waals surface area (Å²) >= 11 is 0. The molecule has 232 valence electrons. The highest BCUT2D eigenvalue weighted by Crippen LogP contribution is 2.58. The van der Waals surface area contributed by atoms with E-state index in [1.807, 2.05) is 26.0 Å². The molecule has 3 aromatic heterocycles. The van der Waals surface area contributed by atoms with Gasteiger partial charge in [0.1, 0.15) is 17.2 Å². The fraction of sp³-hybridized carbons (Fsp3) is 0.529. The topological polar surface area (TPSA) is 121 Å². The van der Waals surface area contributed by atoms with Crippen LogP contribution in [0, 0.1) is 11.3 Å². The van der Waals surface area contributed by atoms with Gasteiger partial charge in [-0.3, -0.25) is 4.79 Å². The average Bonchev–Trinajstić information content (AvgIpc) is 3.64. The van der Waals surface area contributed by atoms with Gasteiger partial charge >= 0.3 is 0 Å². The van der Waals surface area contributed by atoms with Crippen molar-refractivity contribution in [2.45, 2.75) is 76.4 Å². The van der Waals surface area contributed by atoms with Crippen LogP contribution in [0.3, 0.4) is 0 Å². The minimum atomic E-state index is -0.444. The Hall–Kier alpha value is -3.92. The second-order valence-corrected chi connectivity index (χ2v) is 13.8. The first-order valence-electron chi connectivity index (χ1n) is 15.9. The van der Waals surface area contributed by atoms with Gasteiger partial charge < -0.3 is 29.1 Å². The minimum absolute atomic E-state index is 0.00840. The molecule has 44 heavy (non-hydrogen) atoms. The zero-order chi connectivity index (χ0) is 30.7. The second-order valence-electron chi connectivity index (χ2n) is 13.8. The Kier molecular flexibility index (Phi) is 7.15. The number of amides is 1. The van der Waals surface area contributed by atoms with Gasteiger partial charge in [-0.15, -0.1) is 10.2 Å². The van der Waals surface area contributed by atoms with Gasteiger partial charge in [-0.2, -0.15) is 0 Å². The van der Waals surface area contributed by atoms with Crippen molar-refractivity contribution >= 4 is 28.3 Å². The van der Waals surface area contributed by atoms with Gasteiger partial charge in [0, 0.05) is 60.9 Å². The van der Waals surface area contributed by atoms with Crippen molar-refractivity contribution in [2.75, 3.05) is 31.1 Å². The van der Waals surface area contributed by atoms with Gasteiger partial charge in [0.05, 0.1) is 17.3 Å². The van der Waals surface area contributed by atoms with Crippen LogP contribution in [0.5, 0.6) is 0 Å². The van der Waals surface area contributed by atoms with E-state index in [9.17, 15) is 15.0 Å². The summed E-state index contributed by atoms with van der Waals surface area (Å²) in [5.74, 6) is 1.48. The summed E-state index contributed by atoms with van der Waals surface area (Å²) in [5, 5.41) is 33.4. The maximum Gasteiger partial charge on any atom is 0.233 e. The van der Waals surface area contributed by atoms with Gasteiger partial charge in [0.15, 0.2) is 11.6 Å². The predicted molar refractivity (Wildman–Crippen MR) is 168 cm³/mol. The zero-order valence-electron chi connectivity index (χ0n) is 25.7. The number of aliphatic hydroxyl groups excluding tert-OH is 2. The SMILES string of the molecule is C=C/C=C(\C(=C)O)c1cc2c(cc(C3CC4(C3)CN(c3cc(C(C(=O)N5CCC(O)C5)C(C)C)on3)C4)n2C2CCC2)nn1.